The van der Waals surface area contributed by atoms with Crippen LogP contribution in [0.5, 0.6) is 5.75 Å². The topological polar surface area (TPSA) is 110 Å². The quantitative estimate of drug-likeness (QED) is 0.715. The molecule has 0 spiro atoms. The average molecular weight is 380 g/mol. The van der Waals surface area contributed by atoms with Crippen molar-refractivity contribution in [3.8, 4) is 11.4 Å². The van der Waals surface area contributed by atoms with Crippen molar-refractivity contribution >= 4 is 28.6 Å². The second kappa shape index (κ2) is 6.01. The van der Waals surface area contributed by atoms with Gasteiger partial charge in [0.25, 0.3) is 0 Å². The normalized spacial score (nSPS) is 20.9. The Morgan fingerprint density at radius 3 is 2.82 bits per heavy atom. The van der Waals surface area contributed by atoms with Gasteiger partial charge in [-0.1, -0.05) is 0 Å². The Bertz CT molecular complexity index is 1080. The molecule has 0 aliphatic carbocycles. The number of carbonyl (C=O) groups is 1. The van der Waals surface area contributed by atoms with Gasteiger partial charge >= 0.3 is 6.09 Å². The number of likely N-dealkylation sites (tertiary alicyclic amines) is 1. The number of nitrogens with zero attached hydrogens (tertiary/aromatic N) is 5. The maximum absolute atomic E-state index is 11.3. The number of fused-ring (bicyclic) bond motifs is 3. The number of anilines is 2. The molecule has 4 heterocycles. The van der Waals surface area contributed by atoms with Crippen molar-refractivity contribution < 1.29 is 14.6 Å². The number of nitrogen functional groups attached to an aromatic ring is 1. The molecule has 3 aromatic rings. The lowest BCUT2D eigenvalue weighted by Crippen LogP contribution is -2.48. The first kappa shape index (κ1) is 16.7. The number of pyridine rings is 1. The van der Waals surface area contributed by atoms with E-state index in [1.165, 1.54) is 4.90 Å². The highest BCUT2D eigenvalue weighted by molar-refractivity contribution is 5.91. The van der Waals surface area contributed by atoms with Gasteiger partial charge in [-0.25, -0.2) is 14.5 Å². The fourth-order valence-corrected chi connectivity index (χ4v) is 4.32. The second-order valence-electron chi connectivity index (χ2n) is 7.18. The Morgan fingerprint density at radius 2 is 2.11 bits per heavy atom. The van der Waals surface area contributed by atoms with E-state index in [-0.39, 0.29) is 12.1 Å². The van der Waals surface area contributed by atoms with Gasteiger partial charge in [0.2, 0.25) is 0 Å². The first-order chi connectivity index (χ1) is 13.5. The van der Waals surface area contributed by atoms with Gasteiger partial charge in [-0.05, 0) is 24.6 Å². The van der Waals surface area contributed by atoms with Crippen LogP contribution >= 0.6 is 0 Å². The average Bonchev–Trinajstić information content (AvgIpc) is 3.40. The summed E-state index contributed by atoms with van der Waals surface area (Å²) in [5, 5.41) is 14.6. The zero-order valence-electron chi connectivity index (χ0n) is 15.3. The molecule has 0 unspecified atom stereocenters. The van der Waals surface area contributed by atoms with Crippen molar-refractivity contribution in [3.63, 3.8) is 0 Å². The van der Waals surface area contributed by atoms with Gasteiger partial charge in [0.05, 0.1) is 30.4 Å². The first-order valence-electron chi connectivity index (χ1n) is 9.10. The molecule has 144 valence electrons. The number of hydrogen-bond donors (Lipinski definition) is 2. The van der Waals surface area contributed by atoms with E-state index >= 15 is 0 Å². The standard InChI is InChI=1S/C19H20N6O3/c1-28-14-2-3-15-16(8-14)25(22-18(15)20)11-4-5-21-17(7-11)23-9-13-6-12(23)10-24(13)19(26)27/h2-5,7-8,12-13H,6,9-10H2,1H3,(H2,20,22)(H,26,27)/t12-,13-/m0/s1. The number of rotatable bonds is 3. The van der Waals surface area contributed by atoms with Crippen molar-refractivity contribution in [3.05, 3.63) is 36.5 Å². The molecule has 1 aromatic carbocycles. The third-order valence-corrected chi connectivity index (χ3v) is 5.67. The molecular formula is C19H20N6O3. The van der Waals surface area contributed by atoms with Crippen LogP contribution in [0.4, 0.5) is 16.4 Å². The summed E-state index contributed by atoms with van der Waals surface area (Å²) in [5.41, 5.74) is 7.80. The van der Waals surface area contributed by atoms with Gasteiger partial charge in [-0.15, -0.1) is 5.10 Å². The maximum atomic E-state index is 11.3. The van der Waals surface area contributed by atoms with Crippen LogP contribution in [0.1, 0.15) is 6.42 Å². The number of methoxy groups -OCH3 is 1. The number of aromatic nitrogens is 3. The highest BCUT2D eigenvalue weighted by Crippen LogP contribution is 2.35. The molecular weight excluding hydrogens is 360 g/mol. The van der Waals surface area contributed by atoms with E-state index < -0.39 is 6.09 Å². The summed E-state index contributed by atoms with van der Waals surface area (Å²) in [5.74, 6) is 2.00. The summed E-state index contributed by atoms with van der Waals surface area (Å²) in [6, 6.07) is 9.69. The van der Waals surface area contributed by atoms with Gasteiger partial charge in [-0.2, -0.15) is 0 Å². The highest BCUT2D eigenvalue weighted by Gasteiger charge is 2.45. The van der Waals surface area contributed by atoms with Crippen molar-refractivity contribution in [2.45, 2.75) is 18.5 Å². The maximum Gasteiger partial charge on any atom is 0.407 e. The van der Waals surface area contributed by atoms with Gasteiger partial charge < -0.3 is 25.4 Å². The Balaban J connectivity index is 1.51. The molecule has 2 aliphatic heterocycles. The minimum absolute atomic E-state index is 0.0263. The molecule has 28 heavy (non-hydrogen) atoms. The zero-order valence-corrected chi connectivity index (χ0v) is 15.3. The van der Waals surface area contributed by atoms with E-state index in [2.05, 4.69) is 15.0 Å². The van der Waals surface area contributed by atoms with Crippen LogP contribution in [0.15, 0.2) is 36.5 Å². The van der Waals surface area contributed by atoms with Crippen molar-refractivity contribution in [1.82, 2.24) is 19.7 Å². The molecule has 0 radical (unpaired) electrons. The third kappa shape index (κ3) is 2.43. The van der Waals surface area contributed by atoms with E-state index in [1.54, 1.807) is 18.0 Å². The van der Waals surface area contributed by atoms with Gasteiger partial charge in [0.15, 0.2) is 5.82 Å². The Morgan fingerprint density at radius 1 is 1.25 bits per heavy atom. The molecule has 9 heteroatoms. The van der Waals surface area contributed by atoms with E-state index in [4.69, 9.17) is 10.5 Å². The van der Waals surface area contributed by atoms with Crippen LogP contribution in [0.3, 0.4) is 0 Å². The lowest BCUT2D eigenvalue weighted by Gasteiger charge is -2.33. The first-order valence-corrected chi connectivity index (χ1v) is 9.10. The third-order valence-electron chi connectivity index (χ3n) is 5.67. The number of ether oxygens (including phenoxy) is 1. The molecule has 5 rings (SSSR count). The summed E-state index contributed by atoms with van der Waals surface area (Å²) < 4.78 is 7.12. The largest absolute Gasteiger partial charge is 0.497 e. The second-order valence-corrected chi connectivity index (χ2v) is 7.18. The molecule has 0 saturated carbocycles. The van der Waals surface area contributed by atoms with Crippen LogP contribution < -0.4 is 15.4 Å². The number of hydrogen-bond acceptors (Lipinski definition) is 6. The summed E-state index contributed by atoms with van der Waals surface area (Å²) in [4.78, 5) is 19.5. The Kier molecular flexibility index (Phi) is 3.58. The molecule has 2 aliphatic rings. The number of benzene rings is 1. The van der Waals surface area contributed by atoms with Gasteiger partial charge in [0, 0.05) is 36.8 Å². The minimum Gasteiger partial charge on any atom is -0.497 e. The molecule has 2 saturated heterocycles. The molecule has 1 amide bonds. The SMILES string of the molecule is COc1ccc2c(N)nn(-c3ccnc(N4C[C@@H]5C[C@H]4CN5C(=O)O)c3)c2c1. The van der Waals surface area contributed by atoms with Crippen LogP contribution in [0.2, 0.25) is 0 Å². The fraction of sp³-hybridized carbons (Fsp3) is 0.316. The lowest BCUT2D eigenvalue weighted by molar-refractivity contribution is 0.137. The molecule has 9 nitrogen and oxygen atoms in total. The fourth-order valence-electron chi connectivity index (χ4n) is 4.32. The molecule has 2 fully saturated rings. The van der Waals surface area contributed by atoms with E-state index in [0.29, 0.717) is 18.9 Å². The Hall–Kier alpha value is -3.49. The highest BCUT2D eigenvalue weighted by atomic mass is 16.5. The van der Waals surface area contributed by atoms with E-state index in [0.717, 1.165) is 34.6 Å². The lowest BCUT2D eigenvalue weighted by atomic mass is 10.2. The summed E-state index contributed by atoms with van der Waals surface area (Å²) in [6.07, 6.45) is 1.74. The minimum atomic E-state index is -0.846. The number of carboxylic acid groups (broad SMARTS) is 1. The molecule has 2 aromatic heterocycles. The van der Waals surface area contributed by atoms with E-state index in [9.17, 15) is 9.90 Å². The smallest absolute Gasteiger partial charge is 0.407 e. The van der Waals surface area contributed by atoms with Crippen LogP contribution in [0, 0.1) is 0 Å². The zero-order chi connectivity index (χ0) is 19.4. The number of piperazine rings is 1. The predicted molar refractivity (Wildman–Crippen MR) is 104 cm³/mol. The van der Waals surface area contributed by atoms with Gasteiger partial charge in [0.1, 0.15) is 11.6 Å². The van der Waals surface area contributed by atoms with Crippen molar-refractivity contribution in [2.75, 3.05) is 30.8 Å². The van der Waals surface area contributed by atoms with Crippen LogP contribution in [0.25, 0.3) is 16.6 Å². The number of nitrogens with two attached hydrogens (primary N) is 1. The van der Waals surface area contributed by atoms with Crippen molar-refractivity contribution in [1.29, 1.82) is 0 Å². The molecule has 2 atom stereocenters. The van der Waals surface area contributed by atoms with Crippen LogP contribution in [-0.4, -0.2) is 63.1 Å². The summed E-state index contributed by atoms with van der Waals surface area (Å²) in [7, 11) is 1.62. The predicted octanol–water partition coefficient (Wildman–Crippen LogP) is 1.95. The van der Waals surface area contributed by atoms with Crippen molar-refractivity contribution in [2.24, 2.45) is 0 Å². The van der Waals surface area contributed by atoms with E-state index in [1.807, 2.05) is 30.3 Å². The molecule has 2 bridgehead atoms. The summed E-state index contributed by atoms with van der Waals surface area (Å²) in [6.45, 7) is 1.17. The van der Waals surface area contributed by atoms with Gasteiger partial charge in [-0.3, -0.25) is 0 Å². The number of amides is 1. The molecule has 3 N–H and O–H groups in total. The summed E-state index contributed by atoms with van der Waals surface area (Å²) >= 11 is 0. The van der Waals surface area contributed by atoms with Crippen LogP contribution in [-0.2, 0) is 0 Å². The monoisotopic (exact) mass is 380 g/mol. The Labute approximate surface area is 160 Å².